The van der Waals surface area contributed by atoms with E-state index in [0.29, 0.717) is 18.3 Å². The molecule has 222 valence electrons. The fourth-order valence-corrected chi connectivity index (χ4v) is 7.09. The first-order chi connectivity index (χ1) is 20.8. The number of nitrogen functional groups attached to an aromatic ring is 1. The average molecular weight is 644 g/mol. The molecule has 43 heavy (non-hydrogen) atoms. The van der Waals surface area contributed by atoms with Crippen molar-refractivity contribution in [2.45, 2.75) is 63.7 Å². The van der Waals surface area contributed by atoms with Crippen molar-refractivity contribution in [3.8, 4) is 5.75 Å². The van der Waals surface area contributed by atoms with Gasteiger partial charge in [-0.25, -0.2) is 15.0 Å². The Hall–Kier alpha value is -3.73. The van der Waals surface area contributed by atoms with Gasteiger partial charge in [-0.2, -0.15) is 0 Å². The Bertz CT molecular complexity index is 1790. The molecule has 2 aromatic carbocycles. The number of aryl methyl sites for hydroxylation is 1. The summed E-state index contributed by atoms with van der Waals surface area (Å²) < 4.78 is 21.4. The van der Waals surface area contributed by atoms with Crippen LogP contribution >= 0.6 is 15.9 Å². The van der Waals surface area contributed by atoms with Crippen LogP contribution in [0.5, 0.6) is 5.75 Å². The van der Waals surface area contributed by atoms with E-state index in [2.05, 4.69) is 78.4 Å². The molecule has 4 heterocycles. The summed E-state index contributed by atoms with van der Waals surface area (Å²) in [5.41, 5.74) is 10.4. The van der Waals surface area contributed by atoms with E-state index in [9.17, 15) is 0 Å². The van der Waals surface area contributed by atoms with Crippen molar-refractivity contribution in [1.82, 2.24) is 19.5 Å². The Labute approximate surface area is 258 Å². The Kier molecular flexibility index (Phi) is 7.23. The van der Waals surface area contributed by atoms with Gasteiger partial charge in [0.15, 0.2) is 5.79 Å². The summed E-state index contributed by atoms with van der Waals surface area (Å²) in [6, 6.07) is 18.8. The van der Waals surface area contributed by atoms with E-state index in [0.717, 1.165) is 62.8 Å². The molecular weight excluding hydrogens is 608 g/mol. The lowest BCUT2D eigenvalue weighted by molar-refractivity contribution is -0.160. The quantitative estimate of drug-likeness (QED) is 0.193. The van der Waals surface area contributed by atoms with Crippen LogP contribution in [-0.4, -0.2) is 44.6 Å². The second kappa shape index (κ2) is 11.1. The predicted octanol–water partition coefficient (Wildman–Crippen LogP) is 6.66. The van der Waals surface area contributed by atoms with Crippen LogP contribution in [0.3, 0.4) is 0 Å². The minimum absolute atomic E-state index is 0.0138. The fourth-order valence-electron chi connectivity index (χ4n) is 6.62. The smallest absolute Gasteiger partial charge is 0.163 e. The Balaban J connectivity index is 1.08. The van der Waals surface area contributed by atoms with Gasteiger partial charge in [-0.3, -0.25) is 0 Å². The van der Waals surface area contributed by atoms with Gasteiger partial charge in [0.05, 0.1) is 34.6 Å². The van der Waals surface area contributed by atoms with Gasteiger partial charge in [-0.15, -0.1) is 0 Å². The number of nitrogens with two attached hydrogens (primary N) is 1. The van der Waals surface area contributed by atoms with Gasteiger partial charge >= 0.3 is 0 Å². The van der Waals surface area contributed by atoms with Gasteiger partial charge < -0.3 is 29.8 Å². The molecule has 0 bridgehead atoms. The number of benzene rings is 2. The third-order valence-corrected chi connectivity index (χ3v) is 9.31. The third kappa shape index (κ3) is 5.43. The molecule has 2 fully saturated rings. The molecule has 7 rings (SSSR count). The molecule has 1 aliphatic carbocycles. The van der Waals surface area contributed by atoms with Gasteiger partial charge in [-0.05, 0) is 96.4 Å². The van der Waals surface area contributed by atoms with Crippen molar-refractivity contribution in [3.05, 3.63) is 82.7 Å². The number of hydrogen-bond acceptors (Lipinski definition) is 8. The minimum atomic E-state index is -0.626. The van der Waals surface area contributed by atoms with Crippen molar-refractivity contribution >= 4 is 49.5 Å². The molecule has 0 amide bonds. The summed E-state index contributed by atoms with van der Waals surface area (Å²) in [6.07, 6.45) is 6.40. The van der Waals surface area contributed by atoms with Crippen LogP contribution < -0.4 is 15.8 Å². The fraction of sp³-hybridized carbons (Fsp3) is 0.364. The van der Waals surface area contributed by atoms with E-state index >= 15 is 0 Å². The van der Waals surface area contributed by atoms with Crippen molar-refractivity contribution in [2.75, 3.05) is 18.2 Å². The van der Waals surface area contributed by atoms with E-state index < -0.39 is 5.79 Å². The zero-order valence-corrected chi connectivity index (χ0v) is 26.0. The van der Waals surface area contributed by atoms with Crippen molar-refractivity contribution in [3.63, 3.8) is 0 Å². The Morgan fingerprint density at radius 3 is 2.65 bits per heavy atom. The maximum atomic E-state index is 6.49. The molecule has 10 heteroatoms. The van der Waals surface area contributed by atoms with Crippen molar-refractivity contribution in [2.24, 2.45) is 5.92 Å². The number of nitrogens with one attached hydrogen (secondary N) is 1. The van der Waals surface area contributed by atoms with Crippen molar-refractivity contribution < 1.29 is 14.2 Å². The Morgan fingerprint density at radius 2 is 1.84 bits per heavy atom. The van der Waals surface area contributed by atoms with Gasteiger partial charge in [0, 0.05) is 18.1 Å². The highest BCUT2D eigenvalue weighted by Crippen LogP contribution is 2.49. The molecule has 0 unspecified atom stereocenters. The molecule has 1 saturated carbocycles. The number of anilines is 2. The second-order valence-electron chi connectivity index (χ2n) is 11.9. The zero-order valence-electron chi connectivity index (χ0n) is 24.5. The Morgan fingerprint density at radius 1 is 1.05 bits per heavy atom. The molecule has 2 aliphatic rings. The standard InChI is InChI=1S/C33H35BrN6O3/c1-33(2)42-28-22(16-27(29(28)43-33)40-13-12-24-30(35)37-18-38-32(24)40)9-5-19-4-8-21-15-25(34)31(39-26(21)14-19)36-17-20-6-10-23(41-3)11-7-20/h4,6-8,10-15,18,22,27-29H,5,9,16-17H2,1-3H3,(H,36,39)(H2,35,37,38)/t22-,27+,28+,29-/m0/s1. The van der Waals surface area contributed by atoms with Crippen LogP contribution in [0, 0.1) is 5.92 Å². The molecule has 1 saturated heterocycles. The molecule has 0 radical (unpaired) electrons. The number of nitrogens with zero attached hydrogens (tertiary/aromatic N) is 4. The van der Waals surface area contributed by atoms with E-state index in [1.165, 1.54) is 11.9 Å². The average Bonchev–Trinajstić information content (AvgIpc) is 3.66. The van der Waals surface area contributed by atoms with Gasteiger partial charge in [0.2, 0.25) is 0 Å². The highest BCUT2D eigenvalue weighted by atomic mass is 79.9. The number of rotatable bonds is 8. The van der Waals surface area contributed by atoms with Crippen LogP contribution in [0.25, 0.3) is 21.9 Å². The molecule has 5 aromatic rings. The maximum Gasteiger partial charge on any atom is 0.163 e. The van der Waals surface area contributed by atoms with Crippen LogP contribution in [0.15, 0.2) is 71.6 Å². The zero-order chi connectivity index (χ0) is 29.7. The molecule has 0 spiro atoms. The molecule has 3 aromatic heterocycles. The van der Waals surface area contributed by atoms with Crippen molar-refractivity contribution in [1.29, 1.82) is 0 Å². The van der Waals surface area contributed by atoms with E-state index in [-0.39, 0.29) is 18.2 Å². The first-order valence-electron chi connectivity index (χ1n) is 14.7. The third-order valence-electron chi connectivity index (χ3n) is 8.71. The number of aromatic nitrogens is 4. The number of hydrogen-bond donors (Lipinski definition) is 2. The number of ether oxygens (including phenoxy) is 3. The number of methoxy groups -OCH3 is 1. The predicted molar refractivity (Wildman–Crippen MR) is 171 cm³/mol. The second-order valence-corrected chi connectivity index (χ2v) is 12.8. The lowest BCUT2D eigenvalue weighted by Gasteiger charge is -2.24. The van der Waals surface area contributed by atoms with Crippen LogP contribution in [-0.2, 0) is 22.4 Å². The molecule has 4 atom stereocenters. The molecular formula is C33H35BrN6O3. The first kappa shape index (κ1) is 28.1. The molecule has 3 N–H and O–H groups in total. The SMILES string of the molecule is COc1ccc(CNc2nc3cc(CC[C@H]4C[C@@H](n5ccc6c(N)ncnc65)[C@@H]5OC(C)(C)O[C@H]45)ccc3cc2Br)cc1. The lowest BCUT2D eigenvalue weighted by atomic mass is 9.95. The van der Waals surface area contributed by atoms with Gasteiger partial charge in [0.25, 0.3) is 0 Å². The van der Waals surface area contributed by atoms with Gasteiger partial charge in [-0.1, -0.05) is 24.3 Å². The number of fused-ring (bicyclic) bond motifs is 3. The highest BCUT2D eigenvalue weighted by Gasteiger charge is 2.54. The normalized spacial score (nSPS) is 22.7. The van der Waals surface area contributed by atoms with Crippen LogP contribution in [0.1, 0.15) is 43.9 Å². The summed E-state index contributed by atoms with van der Waals surface area (Å²) in [6.45, 7) is 4.67. The monoisotopic (exact) mass is 642 g/mol. The van der Waals surface area contributed by atoms with Crippen LogP contribution in [0.4, 0.5) is 11.6 Å². The van der Waals surface area contributed by atoms with Gasteiger partial charge in [0.1, 0.15) is 35.5 Å². The van der Waals surface area contributed by atoms with E-state index in [4.69, 9.17) is 24.9 Å². The summed E-state index contributed by atoms with van der Waals surface area (Å²) >= 11 is 3.70. The van der Waals surface area contributed by atoms with E-state index in [1.807, 2.05) is 32.0 Å². The maximum absolute atomic E-state index is 6.49. The topological polar surface area (TPSA) is 109 Å². The van der Waals surface area contributed by atoms with Crippen LogP contribution in [0.2, 0.25) is 0 Å². The number of pyridine rings is 1. The molecule has 1 aliphatic heterocycles. The summed E-state index contributed by atoms with van der Waals surface area (Å²) in [5, 5.41) is 5.44. The lowest BCUT2D eigenvalue weighted by Crippen LogP contribution is -2.27. The molecule has 9 nitrogen and oxygen atoms in total. The summed E-state index contributed by atoms with van der Waals surface area (Å²) in [7, 11) is 1.68. The largest absolute Gasteiger partial charge is 0.497 e. The van der Waals surface area contributed by atoms with E-state index in [1.54, 1.807) is 7.11 Å². The summed E-state index contributed by atoms with van der Waals surface area (Å²) in [5.74, 6) is 1.87. The number of halogens is 1. The summed E-state index contributed by atoms with van der Waals surface area (Å²) in [4.78, 5) is 13.7. The first-order valence-corrected chi connectivity index (χ1v) is 15.5. The minimum Gasteiger partial charge on any atom is -0.497 e. The highest BCUT2D eigenvalue weighted by molar-refractivity contribution is 9.10.